The van der Waals surface area contributed by atoms with Crippen molar-refractivity contribution >= 4 is 21.6 Å². The molecule has 0 unspecified atom stereocenters. The van der Waals surface area contributed by atoms with Crippen molar-refractivity contribution in [3.05, 3.63) is 59.4 Å². The molecule has 0 spiro atoms. The van der Waals surface area contributed by atoms with E-state index in [4.69, 9.17) is 4.74 Å². The summed E-state index contributed by atoms with van der Waals surface area (Å²) in [6, 6.07) is 10.5. The number of benzene rings is 2. The predicted molar refractivity (Wildman–Crippen MR) is 115 cm³/mol. The van der Waals surface area contributed by atoms with Gasteiger partial charge in [-0.15, -0.1) is 0 Å². The van der Waals surface area contributed by atoms with Crippen LogP contribution in [0.3, 0.4) is 0 Å². The molecule has 1 aliphatic rings. The highest BCUT2D eigenvalue weighted by Crippen LogP contribution is 2.27. The number of anilines is 1. The molecule has 1 fully saturated rings. The summed E-state index contributed by atoms with van der Waals surface area (Å²) in [5, 5.41) is 3.04. The van der Waals surface area contributed by atoms with Crippen molar-refractivity contribution in [1.29, 1.82) is 0 Å². The van der Waals surface area contributed by atoms with E-state index in [1.807, 2.05) is 6.92 Å². The van der Waals surface area contributed by atoms with E-state index in [2.05, 4.69) is 5.32 Å². The first-order valence-corrected chi connectivity index (χ1v) is 11.9. The van der Waals surface area contributed by atoms with Crippen molar-refractivity contribution in [1.82, 2.24) is 5.32 Å². The number of carbonyl (C=O) groups is 1. The summed E-state index contributed by atoms with van der Waals surface area (Å²) in [6.07, 6.45) is 5.26. The summed E-state index contributed by atoms with van der Waals surface area (Å²) >= 11 is 0. The van der Waals surface area contributed by atoms with Gasteiger partial charge >= 0.3 is 0 Å². The number of halogens is 1. The fourth-order valence-electron chi connectivity index (χ4n) is 3.64. The number of rotatable bonds is 8. The fraction of sp³-hybridized carbons (Fsp3) is 0.409. The lowest BCUT2D eigenvalue weighted by atomic mass is 10.1. The van der Waals surface area contributed by atoms with Crippen LogP contribution in [-0.2, 0) is 16.6 Å². The van der Waals surface area contributed by atoms with Gasteiger partial charge in [0.15, 0.2) is 0 Å². The van der Waals surface area contributed by atoms with Crippen LogP contribution >= 0.6 is 0 Å². The summed E-state index contributed by atoms with van der Waals surface area (Å²) in [6.45, 7) is 2.19. The lowest BCUT2D eigenvalue weighted by Crippen LogP contribution is -2.33. The van der Waals surface area contributed by atoms with Gasteiger partial charge in [0.05, 0.1) is 25.1 Å². The van der Waals surface area contributed by atoms with Gasteiger partial charge in [0.2, 0.25) is 10.0 Å². The zero-order valence-corrected chi connectivity index (χ0v) is 18.0. The van der Waals surface area contributed by atoms with Gasteiger partial charge in [-0.3, -0.25) is 9.10 Å². The molecule has 0 radical (unpaired) electrons. The van der Waals surface area contributed by atoms with Gasteiger partial charge in [0.1, 0.15) is 11.6 Å². The Bertz CT molecular complexity index is 987. The summed E-state index contributed by atoms with van der Waals surface area (Å²) in [5.74, 6) is -0.127. The third kappa shape index (κ3) is 5.50. The van der Waals surface area contributed by atoms with E-state index < -0.39 is 15.8 Å². The van der Waals surface area contributed by atoms with Crippen LogP contribution in [-0.4, -0.2) is 33.2 Å². The van der Waals surface area contributed by atoms with Gasteiger partial charge < -0.3 is 10.1 Å². The smallest absolute Gasteiger partial charge is 0.251 e. The second-order valence-corrected chi connectivity index (χ2v) is 9.36. The van der Waals surface area contributed by atoms with E-state index in [0.717, 1.165) is 31.9 Å². The molecule has 1 aliphatic carbocycles. The molecule has 1 N–H and O–H groups in total. The Kier molecular flexibility index (Phi) is 6.97. The maximum absolute atomic E-state index is 13.3. The summed E-state index contributed by atoms with van der Waals surface area (Å²) in [7, 11) is -3.66. The minimum atomic E-state index is -3.66. The molecule has 8 heteroatoms. The molecule has 0 bridgehead atoms. The van der Waals surface area contributed by atoms with Crippen LogP contribution in [0.4, 0.5) is 10.1 Å². The van der Waals surface area contributed by atoms with Crippen LogP contribution < -0.4 is 14.4 Å². The van der Waals surface area contributed by atoms with E-state index in [-0.39, 0.29) is 18.5 Å². The first-order valence-electron chi connectivity index (χ1n) is 10.1. The number of nitrogens with one attached hydrogen (secondary N) is 1. The first-order chi connectivity index (χ1) is 14.3. The number of ether oxygens (including phenoxy) is 1. The molecule has 0 heterocycles. The number of hydrogen-bond donors (Lipinski definition) is 1. The average molecular weight is 435 g/mol. The molecular weight excluding hydrogens is 407 g/mol. The van der Waals surface area contributed by atoms with Crippen molar-refractivity contribution in [3.63, 3.8) is 0 Å². The van der Waals surface area contributed by atoms with Crippen molar-refractivity contribution < 1.29 is 22.3 Å². The maximum atomic E-state index is 13.3. The van der Waals surface area contributed by atoms with Crippen molar-refractivity contribution in [2.75, 3.05) is 17.2 Å². The Balaban J connectivity index is 1.92. The van der Waals surface area contributed by atoms with E-state index in [1.165, 1.54) is 28.6 Å². The predicted octanol–water partition coefficient (Wildman–Crippen LogP) is 3.86. The van der Waals surface area contributed by atoms with E-state index in [0.29, 0.717) is 29.2 Å². The van der Waals surface area contributed by atoms with Crippen LogP contribution in [0.2, 0.25) is 0 Å². The molecule has 162 valence electrons. The molecule has 30 heavy (non-hydrogen) atoms. The largest absolute Gasteiger partial charge is 0.494 e. The van der Waals surface area contributed by atoms with Gasteiger partial charge in [-0.2, -0.15) is 0 Å². The van der Waals surface area contributed by atoms with Gasteiger partial charge in [0, 0.05) is 17.2 Å². The van der Waals surface area contributed by atoms with Crippen molar-refractivity contribution in [2.24, 2.45) is 0 Å². The number of carbonyl (C=O) groups excluding carboxylic acids is 1. The van der Waals surface area contributed by atoms with Crippen LogP contribution in [0.15, 0.2) is 42.5 Å². The summed E-state index contributed by atoms with van der Waals surface area (Å²) < 4.78 is 45.0. The molecular formula is C22H27FN2O4S. The third-order valence-electron chi connectivity index (χ3n) is 5.14. The zero-order valence-electron chi connectivity index (χ0n) is 17.2. The molecule has 3 rings (SSSR count). The first kappa shape index (κ1) is 22.1. The van der Waals surface area contributed by atoms with Crippen molar-refractivity contribution in [2.45, 2.75) is 45.2 Å². The highest BCUT2D eigenvalue weighted by Gasteiger charge is 2.22. The van der Waals surface area contributed by atoms with Crippen LogP contribution in [0.1, 0.15) is 48.5 Å². The SMILES string of the molecule is CCOc1ccc(C(=O)NC2CCCC2)cc1CN(c1ccc(F)cc1)S(C)(=O)=O. The van der Waals surface area contributed by atoms with Crippen molar-refractivity contribution in [3.8, 4) is 5.75 Å². The second-order valence-electron chi connectivity index (χ2n) is 7.46. The monoisotopic (exact) mass is 434 g/mol. The number of hydrogen-bond acceptors (Lipinski definition) is 4. The quantitative estimate of drug-likeness (QED) is 0.685. The van der Waals surface area contributed by atoms with Gasteiger partial charge in [-0.05, 0) is 62.2 Å². The van der Waals surface area contributed by atoms with Crippen LogP contribution in [0, 0.1) is 5.82 Å². The normalized spacial score (nSPS) is 14.5. The lowest BCUT2D eigenvalue weighted by molar-refractivity contribution is 0.0937. The molecule has 2 aromatic rings. The van der Waals surface area contributed by atoms with E-state index >= 15 is 0 Å². The Morgan fingerprint density at radius 3 is 2.43 bits per heavy atom. The molecule has 6 nitrogen and oxygen atoms in total. The minimum Gasteiger partial charge on any atom is -0.494 e. The average Bonchev–Trinajstić information content (AvgIpc) is 3.20. The van der Waals surface area contributed by atoms with E-state index in [9.17, 15) is 17.6 Å². The van der Waals surface area contributed by atoms with Gasteiger partial charge in [0.25, 0.3) is 5.91 Å². The molecule has 2 aromatic carbocycles. The van der Waals surface area contributed by atoms with Gasteiger partial charge in [-0.1, -0.05) is 12.8 Å². The van der Waals surface area contributed by atoms with Crippen LogP contribution in [0.5, 0.6) is 5.75 Å². The lowest BCUT2D eigenvalue weighted by Gasteiger charge is -2.24. The maximum Gasteiger partial charge on any atom is 0.251 e. The zero-order chi connectivity index (χ0) is 21.7. The second kappa shape index (κ2) is 9.47. The number of nitrogens with zero attached hydrogens (tertiary/aromatic N) is 1. The molecule has 0 atom stereocenters. The number of sulfonamides is 1. The molecule has 0 aliphatic heterocycles. The molecule has 0 saturated heterocycles. The van der Waals surface area contributed by atoms with Gasteiger partial charge in [-0.25, -0.2) is 12.8 Å². The molecule has 0 aromatic heterocycles. The highest BCUT2D eigenvalue weighted by molar-refractivity contribution is 7.92. The highest BCUT2D eigenvalue weighted by atomic mass is 32.2. The molecule has 1 amide bonds. The Hall–Kier alpha value is -2.61. The topological polar surface area (TPSA) is 75.7 Å². The van der Waals surface area contributed by atoms with E-state index in [1.54, 1.807) is 18.2 Å². The minimum absolute atomic E-state index is 0.0374. The Morgan fingerprint density at radius 2 is 1.83 bits per heavy atom. The number of amides is 1. The fourth-order valence-corrected chi connectivity index (χ4v) is 4.52. The summed E-state index contributed by atoms with van der Waals surface area (Å²) in [4.78, 5) is 12.7. The Morgan fingerprint density at radius 1 is 1.17 bits per heavy atom. The third-order valence-corrected chi connectivity index (χ3v) is 6.28. The summed E-state index contributed by atoms with van der Waals surface area (Å²) in [5.41, 5.74) is 1.35. The molecule has 1 saturated carbocycles. The van der Waals surface area contributed by atoms with Crippen LogP contribution in [0.25, 0.3) is 0 Å². The Labute approximate surface area is 177 Å². The standard InChI is InChI=1S/C22H27FN2O4S/c1-3-29-21-13-8-16(22(26)24-19-6-4-5-7-19)14-17(21)15-25(30(2,27)28)20-11-9-18(23)10-12-20/h8-14,19H,3-7,15H2,1-2H3,(H,24,26).